The number of benzene rings is 1. The summed E-state index contributed by atoms with van der Waals surface area (Å²) in [4.78, 5) is 15.1. The number of rotatable bonds is 7. The maximum absolute atomic E-state index is 13.6. The van der Waals surface area contributed by atoms with Crippen molar-refractivity contribution in [3.05, 3.63) is 50.9 Å². The molecular formula is C16H18BrFN2O2S. The SMILES string of the molecule is CN(C)C(CNC(=O)COc1ccc(Br)cc1F)c1cccs1. The van der Waals surface area contributed by atoms with Gasteiger partial charge in [0.15, 0.2) is 18.2 Å². The number of thiophene rings is 1. The topological polar surface area (TPSA) is 41.6 Å². The van der Waals surface area contributed by atoms with E-state index in [1.165, 1.54) is 17.0 Å². The molecule has 0 aliphatic rings. The number of carbonyl (C=O) groups excluding carboxylic acids is 1. The van der Waals surface area contributed by atoms with Crippen molar-refractivity contribution in [2.75, 3.05) is 27.2 Å². The molecule has 1 heterocycles. The first-order valence-electron chi connectivity index (χ1n) is 7.01. The van der Waals surface area contributed by atoms with Crippen molar-refractivity contribution < 1.29 is 13.9 Å². The largest absolute Gasteiger partial charge is 0.481 e. The molecule has 1 unspecified atom stereocenters. The van der Waals surface area contributed by atoms with Crippen molar-refractivity contribution in [2.24, 2.45) is 0 Å². The third kappa shape index (κ3) is 5.30. The monoisotopic (exact) mass is 400 g/mol. The molecule has 0 saturated carbocycles. The number of likely N-dealkylation sites (N-methyl/N-ethyl adjacent to an activating group) is 1. The van der Waals surface area contributed by atoms with E-state index in [2.05, 4.69) is 21.2 Å². The molecular weight excluding hydrogens is 383 g/mol. The Morgan fingerprint density at radius 3 is 2.83 bits per heavy atom. The fraction of sp³-hybridized carbons (Fsp3) is 0.312. The second kappa shape index (κ2) is 8.42. The molecule has 1 N–H and O–H groups in total. The van der Waals surface area contributed by atoms with Crippen LogP contribution in [0.15, 0.2) is 40.2 Å². The molecule has 0 bridgehead atoms. The van der Waals surface area contributed by atoms with Gasteiger partial charge in [0.25, 0.3) is 5.91 Å². The quantitative estimate of drug-likeness (QED) is 0.773. The molecule has 0 aliphatic heterocycles. The summed E-state index contributed by atoms with van der Waals surface area (Å²) < 4.78 is 19.5. The van der Waals surface area contributed by atoms with Crippen molar-refractivity contribution in [1.29, 1.82) is 0 Å². The number of amides is 1. The third-order valence-electron chi connectivity index (χ3n) is 3.24. The van der Waals surface area contributed by atoms with Gasteiger partial charge in [-0.3, -0.25) is 4.79 Å². The average molecular weight is 401 g/mol. The molecule has 0 aliphatic carbocycles. The van der Waals surface area contributed by atoms with E-state index < -0.39 is 5.82 Å². The summed E-state index contributed by atoms with van der Waals surface area (Å²) in [6.45, 7) is 0.252. The Bertz CT molecular complexity index is 650. The van der Waals surface area contributed by atoms with E-state index in [0.29, 0.717) is 11.0 Å². The van der Waals surface area contributed by atoms with Crippen LogP contribution in [0.2, 0.25) is 0 Å². The van der Waals surface area contributed by atoms with Gasteiger partial charge in [-0.15, -0.1) is 11.3 Å². The number of hydrogen-bond acceptors (Lipinski definition) is 4. The zero-order valence-electron chi connectivity index (χ0n) is 12.9. The Kier molecular flexibility index (Phi) is 6.56. The van der Waals surface area contributed by atoms with Crippen molar-refractivity contribution in [3.8, 4) is 5.75 Å². The number of hydrogen-bond donors (Lipinski definition) is 1. The summed E-state index contributed by atoms with van der Waals surface area (Å²) in [7, 11) is 3.93. The fourth-order valence-corrected chi connectivity index (χ4v) is 3.27. The molecule has 2 rings (SSSR count). The molecule has 0 saturated heterocycles. The van der Waals surface area contributed by atoms with Crippen LogP contribution in [0, 0.1) is 5.82 Å². The number of halogens is 2. The number of nitrogens with zero attached hydrogens (tertiary/aromatic N) is 1. The van der Waals surface area contributed by atoms with Crippen molar-refractivity contribution in [1.82, 2.24) is 10.2 Å². The first-order valence-corrected chi connectivity index (χ1v) is 8.69. The maximum Gasteiger partial charge on any atom is 0.258 e. The summed E-state index contributed by atoms with van der Waals surface area (Å²) in [6, 6.07) is 8.57. The van der Waals surface area contributed by atoms with E-state index >= 15 is 0 Å². The Morgan fingerprint density at radius 2 is 2.22 bits per heavy atom. The minimum atomic E-state index is -0.503. The molecule has 1 aromatic carbocycles. The molecule has 1 amide bonds. The van der Waals surface area contributed by atoms with Gasteiger partial charge in [0.1, 0.15) is 0 Å². The van der Waals surface area contributed by atoms with Crippen LogP contribution in [0.3, 0.4) is 0 Å². The average Bonchev–Trinajstić information content (AvgIpc) is 3.00. The molecule has 23 heavy (non-hydrogen) atoms. The standard InChI is InChI=1S/C16H18BrFN2O2S/c1-20(2)13(15-4-3-7-23-15)9-19-16(21)10-22-14-6-5-11(17)8-12(14)18/h3-8,13H,9-10H2,1-2H3,(H,19,21). The van der Waals surface area contributed by atoms with Crippen LogP contribution in [-0.4, -0.2) is 38.1 Å². The van der Waals surface area contributed by atoms with Crippen LogP contribution in [0.25, 0.3) is 0 Å². The molecule has 2 aromatic rings. The van der Waals surface area contributed by atoms with E-state index in [9.17, 15) is 9.18 Å². The normalized spacial score (nSPS) is 12.2. The number of carbonyl (C=O) groups is 1. The van der Waals surface area contributed by atoms with Crippen molar-refractivity contribution >= 4 is 33.2 Å². The zero-order chi connectivity index (χ0) is 16.8. The minimum Gasteiger partial charge on any atom is -0.481 e. The lowest BCUT2D eigenvalue weighted by molar-refractivity contribution is -0.123. The highest BCUT2D eigenvalue weighted by Gasteiger charge is 2.16. The third-order valence-corrected chi connectivity index (χ3v) is 4.71. The highest BCUT2D eigenvalue weighted by molar-refractivity contribution is 9.10. The molecule has 0 spiro atoms. The molecule has 124 valence electrons. The second-order valence-corrected chi connectivity index (χ2v) is 7.06. The predicted molar refractivity (Wildman–Crippen MR) is 93.4 cm³/mol. The van der Waals surface area contributed by atoms with Crippen LogP contribution >= 0.6 is 27.3 Å². The van der Waals surface area contributed by atoms with Gasteiger partial charge in [-0.1, -0.05) is 22.0 Å². The highest BCUT2D eigenvalue weighted by atomic mass is 79.9. The van der Waals surface area contributed by atoms with Gasteiger partial charge >= 0.3 is 0 Å². The molecule has 1 atom stereocenters. The van der Waals surface area contributed by atoms with Gasteiger partial charge in [-0.2, -0.15) is 0 Å². The maximum atomic E-state index is 13.6. The van der Waals surface area contributed by atoms with Gasteiger partial charge in [-0.05, 0) is 43.7 Å². The Hall–Kier alpha value is -1.44. The van der Waals surface area contributed by atoms with Crippen molar-refractivity contribution in [3.63, 3.8) is 0 Å². The number of ether oxygens (including phenoxy) is 1. The van der Waals surface area contributed by atoms with Crippen molar-refractivity contribution in [2.45, 2.75) is 6.04 Å². The Morgan fingerprint density at radius 1 is 1.43 bits per heavy atom. The zero-order valence-corrected chi connectivity index (χ0v) is 15.3. The van der Waals surface area contributed by atoms with Gasteiger partial charge in [0, 0.05) is 15.9 Å². The lowest BCUT2D eigenvalue weighted by atomic mass is 10.2. The lowest BCUT2D eigenvalue weighted by Crippen LogP contribution is -2.36. The molecule has 0 radical (unpaired) electrons. The van der Waals surface area contributed by atoms with Gasteiger partial charge < -0.3 is 15.0 Å². The fourth-order valence-electron chi connectivity index (χ4n) is 2.02. The second-order valence-electron chi connectivity index (χ2n) is 5.16. The molecule has 1 aromatic heterocycles. The van der Waals surface area contributed by atoms with Gasteiger partial charge in [0.05, 0.1) is 6.04 Å². The first kappa shape index (κ1) is 17.9. The smallest absolute Gasteiger partial charge is 0.258 e. The minimum absolute atomic E-state index is 0.0609. The molecule has 0 fully saturated rings. The van der Waals surface area contributed by atoms with E-state index in [1.54, 1.807) is 17.4 Å². The number of nitrogens with one attached hydrogen (secondary N) is 1. The predicted octanol–water partition coefficient (Wildman–Crippen LogP) is 3.45. The van der Waals surface area contributed by atoms with E-state index in [0.717, 1.165) is 0 Å². The van der Waals surface area contributed by atoms with Crippen LogP contribution in [0.1, 0.15) is 10.9 Å². The summed E-state index contributed by atoms with van der Waals surface area (Å²) >= 11 is 4.82. The highest BCUT2D eigenvalue weighted by Crippen LogP contribution is 2.23. The Labute approximate surface area is 147 Å². The molecule has 4 nitrogen and oxygen atoms in total. The van der Waals surface area contributed by atoms with E-state index in [1.807, 2.05) is 36.5 Å². The van der Waals surface area contributed by atoms with Gasteiger partial charge in [-0.25, -0.2) is 4.39 Å². The van der Waals surface area contributed by atoms with Crippen LogP contribution in [0.4, 0.5) is 4.39 Å². The van der Waals surface area contributed by atoms with Gasteiger partial charge in [0.2, 0.25) is 0 Å². The summed E-state index contributed by atoms with van der Waals surface area (Å²) in [5.74, 6) is -0.724. The van der Waals surface area contributed by atoms with Crippen LogP contribution in [0.5, 0.6) is 5.75 Å². The van der Waals surface area contributed by atoms with E-state index in [-0.39, 0.29) is 24.3 Å². The lowest BCUT2D eigenvalue weighted by Gasteiger charge is -2.23. The molecule has 7 heteroatoms. The Balaban J connectivity index is 1.84. The summed E-state index contributed by atoms with van der Waals surface area (Å²) in [6.07, 6.45) is 0. The van der Waals surface area contributed by atoms with E-state index in [4.69, 9.17) is 4.74 Å². The first-order chi connectivity index (χ1) is 11.0. The summed E-state index contributed by atoms with van der Waals surface area (Å²) in [5.41, 5.74) is 0. The van der Waals surface area contributed by atoms with Crippen LogP contribution < -0.4 is 10.1 Å². The van der Waals surface area contributed by atoms with Crippen LogP contribution in [-0.2, 0) is 4.79 Å². The summed E-state index contributed by atoms with van der Waals surface area (Å²) in [5, 5.41) is 4.83.